The van der Waals surface area contributed by atoms with Crippen molar-refractivity contribution in [3.05, 3.63) is 54.4 Å². The molecular weight excluding hydrogens is 720 g/mol. The van der Waals surface area contributed by atoms with Gasteiger partial charge >= 0.3 is 0 Å². The van der Waals surface area contributed by atoms with E-state index in [1.807, 2.05) is 13.8 Å². The third-order valence-electron chi connectivity index (χ3n) is 12.3. The number of hydrogen-bond donors (Lipinski definition) is 1. The van der Waals surface area contributed by atoms with E-state index in [9.17, 15) is 28.8 Å². The maximum absolute atomic E-state index is 15.4. The first-order valence-electron chi connectivity index (χ1n) is 20.3. The molecule has 2 aromatic rings. The molecule has 5 rings (SSSR count). The van der Waals surface area contributed by atoms with Crippen LogP contribution in [-0.2, 0) is 24.0 Å². The van der Waals surface area contributed by atoms with Gasteiger partial charge in [-0.15, -0.1) is 0 Å². The molecule has 2 aliphatic carbocycles. The summed E-state index contributed by atoms with van der Waals surface area (Å²) in [6.07, 6.45) is 11.6. The van der Waals surface area contributed by atoms with E-state index >= 15 is 8.78 Å². The molecule has 1 saturated heterocycles. The minimum absolute atomic E-state index is 0.0212. The highest BCUT2D eigenvalue weighted by atomic mass is 19.3. The zero-order valence-corrected chi connectivity index (χ0v) is 33.3. The lowest BCUT2D eigenvalue weighted by Crippen LogP contribution is -2.58. The zero-order valence-electron chi connectivity index (χ0n) is 33.3. The number of ketones is 4. The maximum Gasteiger partial charge on any atom is 0.253 e. The van der Waals surface area contributed by atoms with Crippen LogP contribution in [-0.4, -0.2) is 79.4 Å². The first-order chi connectivity index (χ1) is 26.5. The molecule has 1 aliphatic heterocycles. The standard InChI is InChI=1S/C43H57F2N5O6/c1-6-10-29(38(54)36(53)21-26(2)27-14-17-46-18-15-27)22-35(52)37-30-13-16-43(44,45)32(30)25-50(37)41(56)39(42(3,4)5)49-40(55)31(28-11-8-7-9-12-28)23-34(51)33-24-47-19-20-48-33/h14-15,17-20,24,26,28-32,37,39H,6-13,16,21-23,25H2,1-5H3,(H,49,55)/t26-,29-,30-,31+,32?,37-,39+/m0/s1. The fourth-order valence-electron chi connectivity index (χ4n) is 9.18. The average Bonchev–Trinajstić information content (AvgIpc) is 3.72. The molecule has 2 aromatic heterocycles. The number of rotatable bonds is 17. The molecule has 3 fully saturated rings. The van der Waals surface area contributed by atoms with Crippen LogP contribution in [0.5, 0.6) is 0 Å². The van der Waals surface area contributed by atoms with E-state index in [-0.39, 0.29) is 62.0 Å². The number of carbonyl (C=O) groups excluding carboxylic acids is 6. The van der Waals surface area contributed by atoms with E-state index < -0.39 is 82.7 Å². The molecular formula is C43H57F2N5O6. The minimum Gasteiger partial charge on any atom is -0.344 e. The van der Waals surface area contributed by atoms with Crippen LogP contribution in [0, 0.1) is 35.0 Å². The van der Waals surface area contributed by atoms with Gasteiger partial charge in [0, 0.05) is 74.8 Å². The lowest BCUT2D eigenvalue weighted by atomic mass is 9.76. The summed E-state index contributed by atoms with van der Waals surface area (Å²) in [4.78, 5) is 97.0. The number of Topliss-reactive ketones (excluding diaryl/α,β-unsaturated/α-hetero) is 4. The number of likely N-dealkylation sites (tertiary alicyclic amines) is 1. The van der Waals surface area contributed by atoms with Gasteiger partial charge in [0.25, 0.3) is 5.92 Å². The summed E-state index contributed by atoms with van der Waals surface area (Å²) in [6.45, 7) is 8.57. The molecule has 0 aromatic carbocycles. The Morgan fingerprint density at radius 1 is 0.929 bits per heavy atom. The fourth-order valence-corrected chi connectivity index (χ4v) is 9.18. The molecule has 0 spiro atoms. The predicted octanol–water partition coefficient (Wildman–Crippen LogP) is 6.75. The van der Waals surface area contributed by atoms with E-state index in [2.05, 4.69) is 20.3 Å². The highest BCUT2D eigenvalue weighted by Crippen LogP contribution is 2.52. The molecule has 1 N–H and O–H groups in total. The van der Waals surface area contributed by atoms with Gasteiger partial charge in [0.15, 0.2) is 17.3 Å². The molecule has 56 heavy (non-hydrogen) atoms. The molecule has 1 unspecified atom stereocenters. The van der Waals surface area contributed by atoms with Crippen LogP contribution >= 0.6 is 0 Å². The van der Waals surface area contributed by atoms with Crippen LogP contribution in [0.3, 0.4) is 0 Å². The Labute approximate surface area is 328 Å². The number of carbonyl (C=O) groups is 6. The largest absolute Gasteiger partial charge is 0.344 e. The third-order valence-corrected chi connectivity index (χ3v) is 12.3. The van der Waals surface area contributed by atoms with Crippen molar-refractivity contribution < 1.29 is 37.5 Å². The lowest BCUT2D eigenvalue weighted by molar-refractivity contribution is -0.146. The molecule has 13 heteroatoms. The molecule has 304 valence electrons. The average molecular weight is 778 g/mol. The number of fused-ring (bicyclic) bond motifs is 1. The van der Waals surface area contributed by atoms with Crippen molar-refractivity contribution in [1.82, 2.24) is 25.2 Å². The second kappa shape index (κ2) is 18.3. The van der Waals surface area contributed by atoms with E-state index in [4.69, 9.17) is 0 Å². The monoisotopic (exact) mass is 777 g/mol. The van der Waals surface area contributed by atoms with Gasteiger partial charge < -0.3 is 10.2 Å². The van der Waals surface area contributed by atoms with Crippen molar-refractivity contribution in [3.63, 3.8) is 0 Å². The maximum atomic E-state index is 15.4. The van der Waals surface area contributed by atoms with Gasteiger partial charge in [0.1, 0.15) is 11.7 Å². The Bertz CT molecular complexity index is 1730. The van der Waals surface area contributed by atoms with Crippen molar-refractivity contribution in [2.75, 3.05) is 6.54 Å². The molecule has 2 amide bonds. The molecule has 3 heterocycles. The first-order valence-corrected chi connectivity index (χ1v) is 20.3. The normalized spacial score (nSPS) is 23.1. The first kappa shape index (κ1) is 42.8. The third kappa shape index (κ3) is 9.98. The SMILES string of the molecule is CCC[C@@H](CC(=O)[C@@H]1[C@H]2CCC(F)(F)C2CN1C(=O)[C@@H](NC(=O)[C@H](CC(=O)c1cnccn1)C1CCCCC1)C(C)(C)C)C(=O)C(=O)C[C@H](C)c1ccncc1. The number of amides is 2. The van der Waals surface area contributed by atoms with Crippen LogP contribution in [0.25, 0.3) is 0 Å². The molecule has 7 atom stereocenters. The molecule has 11 nitrogen and oxygen atoms in total. The quantitative estimate of drug-likeness (QED) is 0.136. The van der Waals surface area contributed by atoms with Crippen molar-refractivity contribution in [3.8, 4) is 0 Å². The number of halogens is 2. The Morgan fingerprint density at radius 3 is 2.25 bits per heavy atom. The molecule has 0 bridgehead atoms. The Kier molecular flexibility index (Phi) is 14.0. The summed E-state index contributed by atoms with van der Waals surface area (Å²) in [6, 6.07) is 1.10. The van der Waals surface area contributed by atoms with Gasteiger partial charge in [-0.2, -0.15) is 0 Å². The van der Waals surface area contributed by atoms with Gasteiger partial charge in [0.05, 0.1) is 12.2 Å². The smallest absolute Gasteiger partial charge is 0.253 e. The lowest BCUT2D eigenvalue weighted by Gasteiger charge is -2.38. The van der Waals surface area contributed by atoms with Crippen LogP contribution < -0.4 is 5.32 Å². The van der Waals surface area contributed by atoms with Crippen molar-refractivity contribution in [2.45, 2.75) is 136 Å². The second-order valence-electron chi connectivity index (χ2n) is 17.4. The van der Waals surface area contributed by atoms with Gasteiger partial charge in [0.2, 0.25) is 17.6 Å². The van der Waals surface area contributed by atoms with Crippen molar-refractivity contribution in [2.24, 2.45) is 35.0 Å². The van der Waals surface area contributed by atoms with Crippen LogP contribution in [0.1, 0.15) is 134 Å². The summed E-state index contributed by atoms with van der Waals surface area (Å²) >= 11 is 0. The van der Waals surface area contributed by atoms with Gasteiger partial charge in [-0.25, -0.2) is 13.8 Å². The number of alkyl halides is 2. The van der Waals surface area contributed by atoms with Gasteiger partial charge in [-0.05, 0) is 66.5 Å². The number of nitrogens with one attached hydrogen (secondary N) is 1. The van der Waals surface area contributed by atoms with Crippen LogP contribution in [0.2, 0.25) is 0 Å². The van der Waals surface area contributed by atoms with Crippen molar-refractivity contribution >= 4 is 34.9 Å². The summed E-state index contributed by atoms with van der Waals surface area (Å²) in [7, 11) is 0. The van der Waals surface area contributed by atoms with Crippen molar-refractivity contribution in [1.29, 1.82) is 0 Å². The van der Waals surface area contributed by atoms with Crippen LogP contribution in [0.4, 0.5) is 8.78 Å². The van der Waals surface area contributed by atoms with Gasteiger partial charge in [-0.3, -0.25) is 38.7 Å². The topological polar surface area (TPSA) is 156 Å². The number of nitrogens with zero attached hydrogens (tertiary/aromatic N) is 4. The fraction of sp³-hybridized carbons (Fsp3) is 0.651. The molecule has 2 saturated carbocycles. The second-order valence-corrected chi connectivity index (χ2v) is 17.4. The number of pyridine rings is 1. The highest BCUT2D eigenvalue weighted by Gasteiger charge is 2.61. The number of aromatic nitrogens is 3. The van der Waals surface area contributed by atoms with E-state index in [0.717, 1.165) is 37.7 Å². The molecule has 0 radical (unpaired) electrons. The minimum atomic E-state index is -3.11. The molecule has 3 aliphatic rings. The Balaban J connectivity index is 1.38. The Morgan fingerprint density at radius 2 is 1.62 bits per heavy atom. The summed E-state index contributed by atoms with van der Waals surface area (Å²) in [5.41, 5.74) is 0.0751. The predicted molar refractivity (Wildman–Crippen MR) is 204 cm³/mol. The van der Waals surface area contributed by atoms with E-state index in [1.54, 1.807) is 45.3 Å². The highest BCUT2D eigenvalue weighted by molar-refractivity contribution is 6.38. The summed E-state index contributed by atoms with van der Waals surface area (Å²) < 4.78 is 30.8. The Hall–Kier alpha value is -4.29. The number of hydrogen-bond acceptors (Lipinski definition) is 9. The summed E-state index contributed by atoms with van der Waals surface area (Å²) in [5.74, 6) is -10.6. The summed E-state index contributed by atoms with van der Waals surface area (Å²) in [5, 5.41) is 2.94. The van der Waals surface area contributed by atoms with E-state index in [0.29, 0.717) is 6.42 Å². The zero-order chi connectivity index (χ0) is 40.8. The van der Waals surface area contributed by atoms with E-state index in [1.165, 1.54) is 23.5 Å². The van der Waals surface area contributed by atoms with Gasteiger partial charge in [-0.1, -0.05) is 60.3 Å². The van der Waals surface area contributed by atoms with Crippen LogP contribution in [0.15, 0.2) is 43.1 Å².